The number of hydrogen-bond acceptors (Lipinski definition) is 6. The second-order valence-electron chi connectivity index (χ2n) is 4.95. The van der Waals surface area contributed by atoms with Crippen LogP contribution >= 0.6 is 11.3 Å². The van der Waals surface area contributed by atoms with Crippen LogP contribution in [0, 0.1) is 0 Å². The van der Waals surface area contributed by atoms with Crippen molar-refractivity contribution in [3.63, 3.8) is 0 Å². The summed E-state index contributed by atoms with van der Waals surface area (Å²) in [4.78, 5) is 13.6. The molecule has 0 spiro atoms. The molecular weight excluding hydrogens is 340 g/mol. The first-order valence-corrected chi connectivity index (χ1v) is 9.23. The van der Waals surface area contributed by atoms with Crippen molar-refractivity contribution in [3.05, 3.63) is 66.3 Å². The van der Waals surface area contributed by atoms with Gasteiger partial charge in [0.25, 0.3) is 0 Å². The average molecular weight is 352 g/mol. The number of aromatic nitrogens is 3. The number of anilines is 1. The molecule has 118 valence electrons. The minimum Gasteiger partial charge on any atom is -0.588 e. The van der Waals surface area contributed by atoms with Crippen LogP contribution in [0.4, 0.5) is 5.82 Å². The Morgan fingerprint density at radius 2 is 1.79 bits per heavy atom. The van der Waals surface area contributed by atoms with E-state index in [1.165, 1.54) is 11.3 Å². The summed E-state index contributed by atoms with van der Waals surface area (Å²) in [7, 11) is 0. The van der Waals surface area contributed by atoms with Crippen LogP contribution in [-0.4, -0.2) is 19.5 Å². The number of thiazole rings is 1. The lowest BCUT2D eigenvalue weighted by Crippen LogP contribution is -2.14. The lowest BCUT2D eigenvalue weighted by Gasteiger charge is -2.10. The average Bonchev–Trinajstić information content (AvgIpc) is 3.10. The van der Waals surface area contributed by atoms with Gasteiger partial charge in [-0.1, -0.05) is 36.4 Å². The molecule has 2 aromatic carbocycles. The highest BCUT2D eigenvalue weighted by molar-refractivity contribution is 7.93. The number of hydrogen-bond donors (Lipinski definition) is 1. The maximum Gasteiger partial charge on any atom is 0.207 e. The van der Waals surface area contributed by atoms with Crippen LogP contribution in [0.3, 0.4) is 0 Å². The van der Waals surface area contributed by atoms with Crippen LogP contribution in [0.15, 0.2) is 71.2 Å². The molecule has 4 rings (SSSR count). The van der Waals surface area contributed by atoms with Crippen molar-refractivity contribution in [2.24, 2.45) is 0 Å². The van der Waals surface area contributed by atoms with Gasteiger partial charge in [0.05, 0.1) is 5.52 Å². The van der Waals surface area contributed by atoms with Crippen molar-refractivity contribution >= 4 is 39.5 Å². The number of fused-ring (bicyclic) bond motifs is 1. The Labute approximate surface area is 145 Å². The van der Waals surface area contributed by atoms with Crippen molar-refractivity contribution in [2.45, 2.75) is 4.90 Å². The molecule has 4 aromatic rings. The van der Waals surface area contributed by atoms with E-state index >= 15 is 0 Å². The van der Waals surface area contributed by atoms with Gasteiger partial charge in [0.2, 0.25) is 4.90 Å². The van der Waals surface area contributed by atoms with Crippen LogP contribution in [-0.2, 0) is 11.4 Å². The first-order chi connectivity index (χ1) is 11.8. The Morgan fingerprint density at radius 3 is 2.67 bits per heavy atom. The molecule has 0 aliphatic carbocycles. The third-order valence-corrected chi connectivity index (χ3v) is 5.40. The smallest absolute Gasteiger partial charge is 0.207 e. The zero-order valence-corrected chi connectivity index (χ0v) is 14.1. The van der Waals surface area contributed by atoms with Gasteiger partial charge in [-0.3, -0.25) is 4.98 Å². The highest BCUT2D eigenvalue weighted by atomic mass is 32.2. The Kier molecular flexibility index (Phi) is 4.12. The molecule has 0 saturated carbocycles. The highest BCUT2D eigenvalue weighted by Gasteiger charge is 2.18. The fourth-order valence-corrected chi connectivity index (χ4v) is 4.07. The fraction of sp³-hybridized carbons (Fsp3) is 0. The predicted octanol–water partition coefficient (Wildman–Crippen LogP) is 3.89. The lowest BCUT2D eigenvalue weighted by molar-refractivity contribution is 0.600. The summed E-state index contributed by atoms with van der Waals surface area (Å²) in [6.45, 7) is 0. The van der Waals surface area contributed by atoms with Gasteiger partial charge in [0.15, 0.2) is 5.82 Å². The Morgan fingerprint density at radius 1 is 0.958 bits per heavy atom. The molecule has 24 heavy (non-hydrogen) atoms. The normalized spacial score (nSPS) is 12.2. The first kappa shape index (κ1) is 15.1. The molecule has 0 radical (unpaired) electrons. The van der Waals surface area contributed by atoms with E-state index < -0.39 is 11.4 Å². The summed E-state index contributed by atoms with van der Waals surface area (Å²) >= 11 is 0.0471. The summed E-state index contributed by atoms with van der Waals surface area (Å²) in [5, 5.41) is 2.74. The zero-order chi connectivity index (χ0) is 16.4. The van der Waals surface area contributed by atoms with E-state index in [2.05, 4.69) is 19.7 Å². The molecule has 0 aliphatic rings. The van der Waals surface area contributed by atoms with E-state index in [0.29, 0.717) is 21.7 Å². The van der Waals surface area contributed by atoms with Crippen molar-refractivity contribution in [1.82, 2.24) is 15.0 Å². The number of nitrogens with zero attached hydrogens (tertiary/aromatic N) is 3. The van der Waals surface area contributed by atoms with Gasteiger partial charge in [-0.05, 0) is 12.1 Å². The Bertz CT molecular complexity index is 969. The van der Waals surface area contributed by atoms with Crippen molar-refractivity contribution < 1.29 is 4.55 Å². The van der Waals surface area contributed by atoms with E-state index in [1.54, 1.807) is 18.5 Å². The molecule has 1 atom stereocenters. The molecule has 0 fully saturated rings. The molecule has 2 aromatic heterocycles. The van der Waals surface area contributed by atoms with E-state index in [4.69, 9.17) is 0 Å². The van der Waals surface area contributed by atoms with Crippen molar-refractivity contribution in [3.8, 4) is 10.6 Å². The quantitative estimate of drug-likeness (QED) is 0.564. The molecule has 1 N–H and O–H groups in total. The van der Waals surface area contributed by atoms with Crippen LogP contribution in [0.2, 0.25) is 0 Å². The van der Waals surface area contributed by atoms with Crippen LogP contribution in [0.1, 0.15) is 0 Å². The van der Waals surface area contributed by atoms with Crippen molar-refractivity contribution in [1.29, 1.82) is 0 Å². The minimum atomic E-state index is -1.46. The molecule has 0 aliphatic heterocycles. The largest absolute Gasteiger partial charge is 0.588 e. The van der Waals surface area contributed by atoms with Gasteiger partial charge < -0.3 is 4.55 Å². The van der Waals surface area contributed by atoms with E-state index in [0.717, 1.165) is 10.6 Å². The number of rotatable bonds is 4. The lowest BCUT2D eigenvalue weighted by atomic mass is 10.2. The Hall–Kier alpha value is -2.48. The Balaban J connectivity index is 1.60. The topological polar surface area (TPSA) is 73.8 Å². The molecule has 0 bridgehead atoms. The van der Waals surface area contributed by atoms with Crippen LogP contribution in [0.25, 0.3) is 21.6 Å². The second-order valence-corrected chi connectivity index (χ2v) is 6.99. The molecule has 1 unspecified atom stereocenters. The third-order valence-electron chi connectivity index (χ3n) is 3.38. The summed E-state index contributed by atoms with van der Waals surface area (Å²) in [5.41, 5.74) is 2.38. The van der Waals surface area contributed by atoms with Crippen LogP contribution in [0.5, 0.6) is 0 Å². The second kappa shape index (κ2) is 6.56. The number of para-hydroxylation sites is 1. The fourth-order valence-electron chi connectivity index (χ4n) is 2.30. The van der Waals surface area contributed by atoms with Gasteiger partial charge in [0.1, 0.15) is 21.9 Å². The van der Waals surface area contributed by atoms with Gasteiger partial charge in [-0.25, -0.2) is 9.97 Å². The zero-order valence-electron chi connectivity index (χ0n) is 12.4. The minimum absolute atomic E-state index is 0.582. The summed E-state index contributed by atoms with van der Waals surface area (Å²) in [5.74, 6) is 0.582. The number of benzene rings is 2. The summed E-state index contributed by atoms with van der Waals surface area (Å²) in [6, 6.07) is 15.4. The van der Waals surface area contributed by atoms with Gasteiger partial charge in [-0.2, -0.15) is 4.72 Å². The van der Waals surface area contributed by atoms with Gasteiger partial charge in [0, 0.05) is 23.3 Å². The standard InChI is InChI=1S/C17H12N4OS2/c22-24(14-8-4-7-13-16(14)19-10-9-18-13)21-15-11-23-17(20-15)12-5-2-1-3-6-12/h1-11,21H. The molecular formula is C17H12N4OS2. The number of nitrogens with one attached hydrogen (secondary N) is 1. The maximum atomic E-state index is 12.7. The van der Waals surface area contributed by atoms with Gasteiger partial charge in [-0.15, -0.1) is 11.3 Å². The maximum absolute atomic E-state index is 12.7. The van der Waals surface area contributed by atoms with E-state index in [-0.39, 0.29) is 0 Å². The van der Waals surface area contributed by atoms with E-state index in [1.807, 2.05) is 47.8 Å². The van der Waals surface area contributed by atoms with Crippen molar-refractivity contribution in [2.75, 3.05) is 4.72 Å². The monoisotopic (exact) mass is 352 g/mol. The van der Waals surface area contributed by atoms with Gasteiger partial charge >= 0.3 is 0 Å². The van der Waals surface area contributed by atoms with Crippen LogP contribution < -0.4 is 4.72 Å². The highest BCUT2D eigenvalue weighted by Crippen LogP contribution is 2.27. The first-order valence-electron chi connectivity index (χ1n) is 7.20. The summed E-state index contributed by atoms with van der Waals surface area (Å²) < 4.78 is 15.6. The third kappa shape index (κ3) is 2.96. The predicted molar refractivity (Wildman–Crippen MR) is 97.1 cm³/mol. The molecule has 5 nitrogen and oxygen atoms in total. The van der Waals surface area contributed by atoms with E-state index in [9.17, 15) is 4.55 Å². The summed E-state index contributed by atoms with van der Waals surface area (Å²) in [6.07, 6.45) is 3.22. The molecule has 7 heteroatoms. The molecule has 0 saturated heterocycles. The molecule has 2 heterocycles. The SMILES string of the molecule is [O-][S+](Nc1csc(-c2ccccc2)n1)c1cccc2nccnc12. The molecule has 0 amide bonds.